The number of aromatic nitrogens is 1. The molecule has 6 heteroatoms. The Morgan fingerprint density at radius 1 is 1.13 bits per heavy atom. The van der Waals surface area contributed by atoms with Gasteiger partial charge in [-0.2, -0.15) is 0 Å². The van der Waals surface area contributed by atoms with Crippen LogP contribution in [0.25, 0.3) is 0 Å². The fraction of sp³-hybridized carbons (Fsp3) is 0.353. The smallest absolute Gasteiger partial charge is 0.271 e. The number of aryl methyl sites for hydroxylation is 1. The van der Waals surface area contributed by atoms with E-state index in [-0.39, 0.29) is 11.8 Å². The molecule has 0 aliphatic heterocycles. The third-order valence-corrected chi connectivity index (χ3v) is 4.11. The predicted octanol–water partition coefficient (Wildman–Crippen LogP) is 2.91. The van der Waals surface area contributed by atoms with Crippen molar-refractivity contribution in [3.05, 3.63) is 51.5 Å². The maximum Gasteiger partial charge on any atom is 0.271 e. The fourth-order valence-electron chi connectivity index (χ4n) is 2.00. The molecule has 0 unspecified atom stereocenters. The molecule has 5 nitrogen and oxygen atoms in total. The standard InChI is InChI=1S/C17H21N3O2S/c1-3-4-9-18-16(21)14-7-5-13(6-8-14)10-19-17(22)15-11-23-12(2)20-15/h5-8,11H,3-4,9-10H2,1-2H3,(H,18,21)(H,19,22). The number of thiazole rings is 1. The maximum atomic E-state index is 11.9. The van der Waals surface area contributed by atoms with Crippen molar-refractivity contribution in [1.82, 2.24) is 15.6 Å². The van der Waals surface area contributed by atoms with Gasteiger partial charge in [0, 0.05) is 24.0 Å². The highest BCUT2D eigenvalue weighted by atomic mass is 32.1. The summed E-state index contributed by atoms with van der Waals surface area (Å²) in [7, 11) is 0. The summed E-state index contributed by atoms with van der Waals surface area (Å²) in [6, 6.07) is 7.24. The van der Waals surface area contributed by atoms with Gasteiger partial charge in [0.15, 0.2) is 0 Å². The van der Waals surface area contributed by atoms with Crippen LogP contribution in [-0.2, 0) is 6.54 Å². The number of nitrogens with zero attached hydrogens (tertiary/aromatic N) is 1. The first-order chi connectivity index (χ1) is 11.1. The number of nitrogens with one attached hydrogen (secondary N) is 2. The second-order valence-electron chi connectivity index (χ2n) is 5.24. The lowest BCUT2D eigenvalue weighted by Crippen LogP contribution is -2.25. The minimum absolute atomic E-state index is 0.0630. The topological polar surface area (TPSA) is 71.1 Å². The molecule has 0 bridgehead atoms. The van der Waals surface area contributed by atoms with Crippen LogP contribution in [-0.4, -0.2) is 23.3 Å². The van der Waals surface area contributed by atoms with E-state index < -0.39 is 0 Å². The number of amides is 2. The monoisotopic (exact) mass is 331 g/mol. The zero-order valence-corrected chi connectivity index (χ0v) is 14.2. The third kappa shape index (κ3) is 5.17. The van der Waals surface area contributed by atoms with Crippen molar-refractivity contribution in [2.75, 3.05) is 6.54 Å². The number of rotatable bonds is 7. The second-order valence-corrected chi connectivity index (χ2v) is 6.30. The van der Waals surface area contributed by atoms with Crippen LogP contribution in [0, 0.1) is 6.92 Å². The molecule has 2 aromatic rings. The highest BCUT2D eigenvalue weighted by Crippen LogP contribution is 2.09. The van der Waals surface area contributed by atoms with E-state index in [2.05, 4.69) is 22.5 Å². The van der Waals surface area contributed by atoms with Crippen molar-refractivity contribution in [1.29, 1.82) is 0 Å². The number of hydrogen-bond donors (Lipinski definition) is 2. The molecule has 2 amide bonds. The van der Waals surface area contributed by atoms with Crippen molar-refractivity contribution < 1.29 is 9.59 Å². The first-order valence-electron chi connectivity index (χ1n) is 7.67. The van der Waals surface area contributed by atoms with E-state index >= 15 is 0 Å². The van der Waals surface area contributed by atoms with Crippen molar-refractivity contribution >= 4 is 23.2 Å². The average molecular weight is 331 g/mol. The van der Waals surface area contributed by atoms with Gasteiger partial charge in [-0.05, 0) is 31.0 Å². The Labute approximate surface area is 140 Å². The van der Waals surface area contributed by atoms with E-state index in [0.29, 0.717) is 24.3 Å². The normalized spacial score (nSPS) is 10.3. The largest absolute Gasteiger partial charge is 0.352 e. The SMILES string of the molecule is CCCCNC(=O)c1ccc(CNC(=O)c2csc(C)n2)cc1. The molecule has 0 fully saturated rings. The summed E-state index contributed by atoms with van der Waals surface area (Å²) >= 11 is 1.45. The molecule has 0 radical (unpaired) electrons. The molecule has 0 saturated carbocycles. The van der Waals surface area contributed by atoms with Gasteiger partial charge in [-0.3, -0.25) is 9.59 Å². The summed E-state index contributed by atoms with van der Waals surface area (Å²) in [5, 5.41) is 8.31. The van der Waals surface area contributed by atoms with Crippen molar-refractivity contribution in [3.63, 3.8) is 0 Å². The number of hydrogen-bond acceptors (Lipinski definition) is 4. The highest BCUT2D eigenvalue weighted by Gasteiger charge is 2.09. The summed E-state index contributed by atoms with van der Waals surface area (Å²) in [5.41, 5.74) is 2.01. The Morgan fingerprint density at radius 3 is 2.48 bits per heavy atom. The molecule has 0 spiro atoms. The molecule has 2 N–H and O–H groups in total. The van der Waals surface area contributed by atoms with Crippen LogP contribution in [0.5, 0.6) is 0 Å². The molecular weight excluding hydrogens is 310 g/mol. The Morgan fingerprint density at radius 2 is 1.87 bits per heavy atom. The molecule has 23 heavy (non-hydrogen) atoms. The minimum Gasteiger partial charge on any atom is -0.352 e. The molecule has 2 rings (SSSR count). The van der Waals surface area contributed by atoms with Crippen LogP contribution < -0.4 is 10.6 Å². The Kier molecular flexibility index (Phi) is 6.29. The molecule has 1 aromatic carbocycles. The summed E-state index contributed by atoms with van der Waals surface area (Å²) in [5.74, 6) is -0.247. The lowest BCUT2D eigenvalue weighted by Gasteiger charge is -2.06. The van der Waals surface area contributed by atoms with Gasteiger partial charge in [-0.25, -0.2) is 4.98 Å². The maximum absolute atomic E-state index is 11.9. The van der Waals surface area contributed by atoms with E-state index in [0.717, 1.165) is 23.4 Å². The van der Waals surface area contributed by atoms with Gasteiger partial charge in [-0.15, -0.1) is 11.3 Å². The van der Waals surface area contributed by atoms with Crippen LogP contribution in [0.15, 0.2) is 29.6 Å². The van der Waals surface area contributed by atoms with Gasteiger partial charge in [0.25, 0.3) is 11.8 Å². The summed E-state index contributed by atoms with van der Waals surface area (Å²) < 4.78 is 0. The van der Waals surface area contributed by atoms with E-state index in [1.54, 1.807) is 17.5 Å². The van der Waals surface area contributed by atoms with Crippen LogP contribution in [0.2, 0.25) is 0 Å². The molecule has 0 aliphatic carbocycles. The van der Waals surface area contributed by atoms with E-state index in [4.69, 9.17) is 0 Å². The fourth-order valence-corrected chi connectivity index (χ4v) is 2.59. The minimum atomic E-state index is -0.185. The molecule has 0 saturated heterocycles. The van der Waals surface area contributed by atoms with Gasteiger partial charge in [0.1, 0.15) is 5.69 Å². The van der Waals surface area contributed by atoms with Gasteiger partial charge >= 0.3 is 0 Å². The molecule has 0 aliphatic rings. The van der Waals surface area contributed by atoms with Crippen molar-refractivity contribution in [2.24, 2.45) is 0 Å². The number of benzene rings is 1. The third-order valence-electron chi connectivity index (χ3n) is 3.34. The first-order valence-corrected chi connectivity index (χ1v) is 8.55. The summed E-state index contributed by atoms with van der Waals surface area (Å²) in [6.45, 7) is 5.06. The lowest BCUT2D eigenvalue weighted by atomic mass is 10.1. The van der Waals surface area contributed by atoms with Gasteiger partial charge in [-0.1, -0.05) is 25.5 Å². The summed E-state index contributed by atoms with van der Waals surface area (Å²) in [6.07, 6.45) is 2.03. The Hall–Kier alpha value is -2.21. The van der Waals surface area contributed by atoms with E-state index in [1.807, 2.05) is 19.1 Å². The Balaban J connectivity index is 1.85. The highest BCUT2D eigenvalue weighted by molar-refractivity contribution is 7.09. The van der Waals surface area contributed by atoms with Crippen molar-refractivity contribution in [2.45, 2.75) is 33.2 Å². The Bertz CT molecular complexity index is 665. The second kappa shape index (κ2) is 8.43. The van der Waals surface area contributed by atoms with Gasteiger partial charge in [0.05, 0.1) is 5.01 Å². The number of carbonyl (C=O) groups is 2. The van der Waals surface area contributed by atoms with Crippen LogP contribution in [0.1, 0.15) is 51.2 Å². The molecular formula is C17H21N3O2S. The van der Waals surface area contributed by atoms with Crippen LogP contribution in [0.4, 0.5) is 0 Å². The zero-order chi connectivity index (χ0) is 16.7. The molecule has 122 valence electrons. The predicted molar refractivity (Wildman–Crippen MR) is 91.7 cm³/mol. The quantitative estimate of drug-likeness (QED) is 0.766. The van der Waals surface area contributed by atoms with E-state index in [9.17, 15) is 9.59 Å². The number of unbranched alkanes of at least 4 members (excludes halogenated alkanes) is 1. The molecule has 1 heterocycles. The van der Waals surface area contributed by atoms with E-state index in [1.165, 1.54) is 11.3 Å². The van der Waals surface area contributed by atoms with Crippen LogP contribution >= 0.6 is 11.3 Å². The first kappa shape index (κ1) is 17.1. The summed E-state index contributed by atoms with van der Waals surface area (Å²) in [4.78, 5) is 28.0. The molecule has 1 aromatic heterocycles. The van der Waals surface area contributed by atoms with Crippen molar-refractivity contribution in [3.8, 4) is 0 Å². The number of carbonyl (C=O) groups excluding carboxylic acids is 2. The zero-order valence-electron chi connectivity index (χ0n) is 13.4. The molecule has 0 atom stereocenters. The average Bonchev–Trinajstić information content (AvgIpc) is 3.00. The van der Waals surface area contributed by atoms with Gasteiger partial charge < -0.3 is 10.6 Å². The van der Waals surface area contributed by atoms with Gasteiger partial charge in [0.2, 0.25) is 0 Å². The van der Waals surface area contributed by atoms with Crippen LogP contribution in [0.3, 0.4) is 0 Å². The lowest BCUT2D eigenvalue weighted by molar-refractivity contribution is 0.0940.